The summed E-state index contributed by atoms with van der Waals surface area (Å²) in [5.74, 6) is 4.50. The van der Waals surface area contributed by atoms with E-state index < -0.39 is 41.6 Å². The zero-order valence-corrected chi connectivity index (χ0v) is 31.8. The molecule has 7 atom stereocenters. The van der Waals surface area contributed by atoms with Crippen molar-refractivity contribution in [2.45, 2.75) is 140 Å². The van der Waals surface area contributed by atoms with Crippen LogP contribution in [-0.2, 0) is 38.6 Å². The molecule has 2 aliphatic heterocycles. The minimum absolute atomic E-state index is 0.00651. The summed E-state index contributed by atoms with van der Waals surface area (Å²) in [7, 11) is 0. The van der Waals surface area contributed by atoms with Crippen LogP contribution in [-0.4, -0.2) is 62.5 Å². The Balaban J connectivity index is 1.47. The van der Waals surface area contributed by atoms with Gasteiger partial charge < -0.3 is 35.2 Å². The average molecular weight is 742 g/mol. The van der Waals surface area contributed by atoms with E-state index in [9.17, 15) is 34.8 Å². The highest BCUT2D eigenvalue weighted by atomic mass is 16.6. The highest BCUT2D eigenvalue weighted by Crippen LogP contribution is 2.49. The van der Waals surface area contributed by atoms with Crippen LogP contribution in [0.4, 0.5) is 5.69 Å². The van der Waals surface area contributed by atoms with Crippen LogP contribution in [0.3, 0.4) is 0 Å². The van der Waals surface area contributed by atoms with Crippen LogP contribution < -0.4 is 10.1 Å². The largest absolute Gasteiger partial charge is 0.508 e. The molecule has 0 unspecified atom stereocenters. The summed E-state index contributed by atoms with van der Waals surface area (Å²) in [6, 6.07) is 7.07. The molecule has 4 aliphatic rings. The fourth-order valence-electron chi connectivity index (χ4n) is 9.09. The van der Waals surface area contributed by atoms with Crippen LogP contribution >= 0.6 is 0 Å². The van der Waals surface area contributed by atoms with Gasteiger partial charge in [-0.3, -0.25) is 9.59 Å². The highest BCUT2D eigenvalue weighted by Gasteiger charge is 2.53. The van der Waals surface area contributed by atoms with Crippen molar-refractivity contribution in [1.29, 1.82) is 0 Å². The van der Waals surface area contributed by atoms with Crippen LogP contribution in [0.5, 0.6) is 11.5 Å². The van der Waals surface area contributed by atoms with Crippen LogP contribution in [0.25, 0.3) is 0 Å². The number of phenols is 1. The number of aromatic hydroxyl groups is 1. The zero-order chi connectivity index (χ0) is 38.6. The van der Waals surface area contributed by atoms with Gasteiger partial charge in [0.2, 0.25) is 0 Å². The predicted molar refractivity (Wildman–Crippen MR) is 204 cm³/mol. The van der Waals surface area contributed by atoms with Gasteiger partial charge >= 0.3 is 11.9 Å². The van der Waals surface area contributed by atoms with Crippen molar-refractivity contribution in [3.63, 3.8) is 0 Å². The standard InChI is InChI=1S/C44H55NO9/c1-4-6-7-10-35-33(25-46)17-31(20-38(35)45-24-26(3)47)28-11-12-29-22-42(50)53-40-23-39(49)32(19-36(29)40)21-41(54-43(51)27(5-2)16-28)44(52)15-8-9-30-18-34(48)13-14-37(30)44/h5,17,19-20,23,26,28-30,37,41,45-47,49,52H,4,6-10,13-16,18,21-22,24-25H2,1-3H3/t26-,28+,29-,30+,37+,41+,44+/m0/s1. The van der Waals surface area contributed by atoms with E-state index >= 15 is 0 Å². The summed E-state index contributed by atoms with van der Waals surface area (Å²) < 4.78 is 12.0. The number of nitrogens with one attached hydrogen (secondary N) is 1. The molecule has 5 N–H and O–H groups in total. The number of aliphatic hydroxyl groups is 3. The number of rotatable bonds is 10. The molecule has 2 aromatic rings. The van der Waals surface area contributed by atoms with Gasteiger partial charge in [-0.05, 0) is 98.6 Å². The van der Waals surface area contributed by atoms with E-state index in [2.05, 4.69) is 24.1 Å². The lowest BCUT2D eigenvalue weighted by atomic mass is 9.60. The summed E-state index contributed by atoms with van der Waals surface area (Å²) in [5, 5.41) is 48.0. The van der Waals surface area contributed by atoms with Crippen molar-refractivity contribution in [3.8, 4) is 23.3 Å². The average Bonchev–Trinajstić information content (AvgIpc) is 3.14. The fourth-order valence-corrected chi connectivity index (χ4v) is 9.09. The first-order valence-electron chi connectivity index (χ1n) is 19.8. The Labute approximate surface area is 318 Å². The van der Waals surface area contributed by atoms with Gasteiger partial charge in [-0.1, -0.05) is 50.2 Å². The number of carbonyl (C=O) groups is 3. The predicted octanol–water partition coefficient (Wildman–Crippen LogP) is 6.29. The first kappa shape index (κ1) is 39.5. The van der Waals surface area contributed by atoms with Gasteiger partial charge in [0.25, 0.3) is 0 Å². The van der Waals surface area contributed by atoms with Gasteiger partial charge in [0.1, 0.15) is 29.0 Å². The molecule has 0 saturated heterocycles. The SMILES string of the molecule is CC=C1C[C@H](c2cc(CO)c(CCCCC)c(NC[C@H](C)O)c2)C#C[C@H]2CC(=O)Oc3cc(O)c(cc32)C[C@H]([C@@]2(O)CCC[C@@H]3CC(=O)CC[C@H]32)OC1=O. The molecule has 0 amide bonds. The molecular formula is C44H55NO9. The van der Waals surface area contributed by atoms with Crippen LogP contribution in [0.15, 0.2) is 35.9 Å². The van der Waals surface area contributed by atoms with Crippen LogP contribution in [0, 0.1) is 23.7 Å². The topological polar surface area (TPSA) is 163 Å². The quantitative estimate of drug-likeness (QED) is 0.0615. The second-order valence-electron chi connectivity index (χ2n) is 15.8. The van der Waals surface area contributed by atoms with E-state index in [0.717, 1.165) is 54.5 Å². The number of benzene rings is 2. The molecule has 0 spiro atoms. The second-order valence-corrected chi connectivity index (χ2v) is 15.8. The number of aliphatic hydroxyl groups excluding tert-OH is 2. The van der Waals surface area contributed by atoms with Crippen molar-refractivity contribution in [2.24, 2.45) is 11.8 Å². The number of fused-ring (bicyclic) bond motifs is 2. The molecular weight excluding hydrogens is 686 g/mol. The van der Waals surface area contributed by atoms with Crippen molar-refractivity contribution >= 4 is 23.4 Å². The van der Waals surface area contributed by atoms with E-state index in [1.54, 1.807) is 26.0 Å². The second kappa shape index (κ2) is 17.1. The smallest absolute Gasteiger partial charge is 0.334 e. The molecule has 2 bridgehead atoms. The monoisotopic (exact) mass is 741 g/mol. The molecule has 54 heavy (non-hydrogen) atoms. The lowest BCUT2D eigenvalue weighted by Crippen LogP contribution is -2.57. The number of esters is 2. The molecule has 0 radical (unpaired) electrons. The Morgan fingerprint density at radius 3 is 2.57 bits per heavy atom. The number of hydrogen-bond donors (Lipinski definition) is 5. The lowest BCUT2D eigenvalue weighted by Gasteiger charge is -2.50. The third kappa shape index (κ3) is 8.54. The fraction of sp³-hybridized carbons (Fsp3) is 0.568. The number of phenolic OH excluding ortho intramolecular Hbond substituents is 1. The molecule has 2 heterocycles. The van der Waals surface area contributed by atoms with Crippen molar-refractivity contribution in [3.05, 3.63) is 63.7 Å². The Morgan fingerprint density at radius 1 is 1.04 bits per heavy atom. The summed E-state index contributed by atoms with van der Waals surface area (Å²) in [6.07, 6.45) is 7.10. The number of anilines is 1. The third-order valence-corrected chi connectivity index (χ3v) is 12.0. The number of cyclic esters (lactones) is 1. The van der Waals surface area contributed by atoms with Crippen molar-refractivity contribution in [1.82, 2.24) is 0 Å². The molecule has 2 aromatic carbocycles. The Hall–Kier alpha value is -4.17. The van der Waals surface area contributed by atoms with Gasteiger partial charge in [0.15, 0.2) is 0 Å². The maximum absolute atomic E-state index is 14.3. The summed E-state index contributed by atoms with van der Waals surface area (Å²) in [4.78, 5) is 39.7. The molecule has 0 aromatic heterocycles. The molecule has 6 rings (SSSR count). The minimum atomic E-state index is -1.43. The molecule has 290 valence electrons. The van der Waals surface area contributed by atoms with E-state index in [4.69, 9.17) is 9.47 Å². The minimum Gasteiger partial charge on any atom is -0.508 e. The summed E-state index contributed by atoms with van der Waals surface area (Å²) in [5.41, 5.74) is 3.23. The summed E-state index contributed by atoms with van der Waals surface area (Å²) >= 11 is 0. The number of ether oxygens (including phenoxy) is 2. The normalized spacial score (nSPS) is 28.3. The van der Waals surface area contributed by atoms with E-state index in [0.29, 0.717) is 55.3 Å². The van der Waals surface area contributed by atoms with Gasteiger partial charge in [0, 0.05) is 54.6 Å². The van der Waals surface area contributed by atoms with Gasteiger partial charge in [-0.25, -0.2) is 4.79 Å². The Bertz CT molecular complexity index is 1840. The number of allylic oxidation sites excluding steroid dienone is 1. The molecule has 10 heteroatoms. The number of Topliss-reactive ketones (excluding diaryl/α,β-unsaturated/α-hetero) is 1. The van der Waals surface area contributed by atoms with Crippen LogP contribution in [0.2, 0.25) is 0 Å². The van der Waals surface area contributed by atoms with Gasteiger partial charge in [-0.15, -0.1) is 0 Å². The number of carbonyl (C=O) groups excluding carboxylic acids is 3. The maximum atomic E-state index is 14.3. The lowest BCUT2D eigenvalue weighted by molar-refractivity contribution is -0.187. The first-order chi connectivity index (χ1) is 25.9. The zero-order valence-electron chi connectivity index (χ0n) is 31.8. The number of unbranched alkanes of at least 4 members (excludes halogenated alkanes) is 2. The van der Waals surface area contributed by atoms with E-state index in [1.807, 2.05) is 12.1 Å². The first-order valence-corrected chi connectivity index (χ1v) is 19.8. The van der Waals surface area contributed by atoms with Crippen LogP contribution in [0.1, 0.15) is 131 Å². The molecule has 2 fully saturated rings. The van der Waals surface area contributed by atoms with Crippen molar-refractivity contribution in [2.75, 3.05) is 11.9 Å². The van der Waals surface area contributed by atoms with E-state index in [1.165, 1.54) is 6.07 Å². The Morgan fingerprint density at radius 2 is 1.83 bits per heavy atom. The Kier molecular flexibility index (Phi) is 12.5. The molecule has 10 nitrogen and oxygen atoms in total. The maximum Gasteiger partial charge on any atom is 0.334 e. The number of ketones is 1. The highest BCUT2D eigenvalue weighted by molar-refractivity contribution is 5.89. The summed E-state index contributed by atoms with van der Waals surface area (Å²) in [6.45, 7) is 5.69. The number of hydrogen-bond acceptors (Lipinski definition) is 10. The van der Waals surface area contributed by atoms with Crippen molar-refractivity contribution < 1.29 is 44.3 Å². The third-order valence-electron chi connectivity index (χ3n) is 12.0. The van der Waals surface area contributed by atoms with E-state index in [-0.39, 0.29) is 55.0 Å². The van der Waals surface area contributed by atoms with Gasteiger partial charge in [0.05, 0.1) is 25.0 Å². The molecule has 2 saturated carbocycles. The van der Waals surface area contributed by atoms with Gasteiger partial charge in [-0.2, -0.15) is 0 Å². The molecule has 2 aliphatic carbocycles.